The average Bonchev–Trinajstić information content (AvgIpc) is 2.67. The van der Waals surface area contributed by atoms with Crippen molar-refractivity contribution in [3.63, 3.8) is 0 Å². The molecular weight excluding hydrogens is 364 g/mol. The summed E-state index contributed by atoms with van der Waals surface area (Å²) in [6.07, 6.45) is 3.21. The number of carbonyl (C=O) groups is 1. The fourth-order valence-electron chi connectivity index (χ4n) is 3.08. The monoisotopic (exact) mass is 384 g/mol. The van der Waals surface area contributed by atoms with Crippen molar-refractivity contribution in [3.8, 4) is 5.75 Å². The number of para-hydroxylation sites is 1. The summed E-state index contributed by atoms with van der Waals surface area (Å²) < 4.78 is 5.34. The number of methoxy groups -OCH3 is 1. The number of hydrogen-bond donors (Lipinski definition) is 2. The first-order chi connectivity index (χ1) is 13.0. The molecule has 140 valence electrons. The number of anilines is 1. The maximum absolute atomic E-state index is 11.7. The van der Waals surface area contributed by atoms with Crippen LogP contribution in [0.25, 0.3) is 10.9 Å². The summed E-state index contributed by atoms with van der Waals surface area (Å²) >= 11 is 6.45. The van der Waals surface area contributed by atoms with Crippen molar-refractivity contribution in [3.05, 3.63) is 58.9 Å². The molecule has 0 aliphatic heterocycles. The van der Waals surface area contributed by atoms with E-state index in [1.807, 2.05) is 24.3 Å². The molecule has 1 aromatic heterocycles. The Bertz CT molecular complexity index is 977. The molecule has 1 atom stereocenters. The van der Waals surface area contributed by atoms with Crippen LogP contribution in [0.5, 0.6) is 5.75 Å². The predicted molar refractivity (Wildman–Crippen MR) is 107 cm³/mol. The normalized spacial score (nSPS) is 12.0. The number of benzene rings is 2. The highest BCUT2D eigenvalue weighted by Gasteiger charge is 2.18. The van der Waals surface area contributed by atoms with Crippen molar-refractivity contribution in [1.29, 1.82) is 0 Å². The van der Waals surface area contributed by atoms with Gasteiger partial charge in [-0.2, -0.15) is 0 Å². The van der Waals surface area contributed by atoms with Gasteiger partial charge in [-0.25, -0.2) is 9.97 Å². The molecule has 3 aromatic rings. The molecule has 6 nitrogen and oxygen atoms in total. The number of fused-ring (bicyclic) bond motifs is 1. The van der Waals surface area contributed by atoms with E-state index in [4.69, 9.17) is 22.1 Å². The van der Waals surface area contributed by atoms with E-state index < -0.39 is 5.91 Å². The van der Waals surface area contributed by atoms with Crippen LogP contribution < -0.4 is 15.8 Å². The van der Waals surface area contributed by atoms with E-state index in [0.29, 0.717) is 21.9 Å². The molecule has 2 aromatic carbocycles. The van der Waals surface area contributed by atoms with Gasteiger partial charge in [-0.1, -0.05) is 31.0 Å². The number of aromatic nitrogens is 2. The largest absolute Gasteiger partial charge is 0.497 e. The molecule has 3 N–H and O–H groups in total. The topological polar surface area (TPSA) is 90.1 Å². The Morgan fingerprint density at radius 3 is 2.81 bits per heavy atom. The molecule has 1 amide bonds. The van der Waals surface area contributed by atoms with Crippen LogP contribution >= 0.6 is 11.6 Å². The zero-order valence-corrected chi connectivity index (χ0v) is 16.0. The van der Waals surface area contributed by atoms with Crippen LogP contribution in [0, 0.1) is 0 Å². The standard InChI is InChI=1S/C20H21ClN4O2/c1-3-5-17(15-10-12(27-2)8-9-16(15)21)25-20-14-7-4-6-13(19(22)26)18(14)23-11-24-20/h4,6-11,17H,3,5H2,1-2H3,(H2,22,26)(H,23,24,25)/t17-/m1/s1. The van der Waals surface area contributed by atoms with Gasteiger partial charge in [-0.05, 0) is 42.3 Å². The third kappa shape index (κ3) is 3.95. The lowest BCUT2D eigenvalue weighted by molar-refractivity contribution is 0.100. The van der Waals surface area contributed by atoms with Crippen LogP contribution in [0.3, 0.4) is 0 Å². The maximum atomic E-state index is 11.7. The lowest BCUT2D eigenvalue weighted by atomic mass is 10.0. The number of primary amides is 1. The fourth-order valence-corrected chi connectivity index (χ4v) is 3.33. The Hall–Kier alpha value is -2.86. The zero-order chi connectivity index (χ0) is 19.4. The van der Waals surface area contributed by atoms with Crippen LogP contribution in [0.15, 0.2) is 42.7 Å². The lowest BCUT2D eigenvalue weighted by Gasteiger charge is -2.22. The number of nitrogens with one attached hydrogen (secondary N) is 1. The lowest BCUT2D eigenvalue weighted by Crippen LogP contribution is -2.15. The van der Waals surface area contributed by atoms with E-state index >= 15 is 0 Å². The second kappa shape index (κ2) is 8.22. The molecule has 7 heteroatoms. The summed E-state index contributed by atoms with van der Waals surface area (Å²) in [5, 5.41) is 4.84. The summed E-state index contributed by atoms with van der Waals surface area (Å²) in [6.45, 7) is 2.10. The summed E-state index contributed by atoms with van der Waals surface area (Å²) in [5.41, 5.74) is 7.29. The Balaban J connectivity index is 2.06. The molecule has 0 radical (unpaired) electrons. The SMILES string of the molecule is CCC[C@@H](Nc1ncnc2c(C(N)=O)cccc12)c1cc(OC)ccc1Cl. The number of hydrogen-bond acceptors (Lipinski definition) is 5. The molecule has 0 saturated heterocycles. The van der Waals surface area contributed by atoms with Gasteiger partial charge in [0.05, 0.1) is 24.2 Å². The summed E-state index contributed by atoms with van der Waals surface area (Å²) in [5.74, 6) is 0.840. The number of halogens is 1. The zero-order valence-electron chi connectivity index (χ0n) is 15.2. The number of rotatable bonds is 7. The highest BCUT2D eigenvalue weighted by atomic mass is 35.5. The van der Waals surface area contributed by atoms with Crippen molar-refractivity contribution in [1.82, 2.24) is 9.97 Å². The van der Waals surface area contributed by atoms with Crippen molar-refractivity contribution in [2.75, 3.05) is 12.4 Å². The van der Waals surface area contributed by atoms with Gasteiger partial charge in [0.25, 0.3) is 5.91 Å². The summed E-state index contributed by atoms with van der Waals surface area (Å²) in [7, 11) is 1.62. The van der Waals surface area contributed by atoms with Crippen LogP contribution in [0.1, 0.15) is 41.7 Å². The van der Waals surface area contributed by atoms with Crippen LogP contribution in [0.2, 0.25) is 5.02 Å². The molecule has 0 saturated carbocycles. The van der Waals surface area contributed by atoms with Crippen LogP contribution in [-0.2, 0) is 0 Å². The second-order valence-corrected chi connectivity index (χ2v) is 6.57. The van der Waals surface area contributed by atoms with Crippen LogP contribution in [0.4, 0.5) is 5.82 Å². The smallest absolute Gasteiger partial charge is 0.250 e. The minimum absolute atomic E-state index is 0.0760. The first-order valence-electron chi connectivity index (χ1n) is 8.68. The summed E-state index contributed by atoms with van der Waals surface area (Å²) in [4.78, 5) is 20.3. The van der Waals surface area contributed by atoms with E-state index in [1.165, 1.54) is 6.33 Å². The third-order valence-corrected chi connectivity index (χ3v) is 4.74. The molecule has 3 rings (SSSR count). The van der Waals surface area contributed by atoms with E-state index in [-0.39, 0.29) is 6.04 Å². The number of ether oxygens (including phenoxy) is 1. The molecule has 0 unspecified atom stereocenters. The predicted octanol–water partition coefficient (Wildman–Crippen LogP) is 4.34. The number of carbonyl (C=O) groups excluding carboxylic acids is 1. The van der Waals surface area contributed by atoms with Crippen molar-refractivity contribution >= 4 is 34.2 Å². The molecule has 0 aliphatic carbocycles. The molecule has 0 bridgehead atoms. The average molecular weight is 385 g/mol. The molecule has 1 heterocycles. The molecule has 0 aliphatic rings. The van der Waals surface area contributed by atoms with E-state index in [9.17, 15) is 4.79 Å². The highest BCUT2D eigenvalue weighted by Crippen LogP contribution is 2.33. The maximum Gasteiger partial charge on any atom is 0.250 e. The molecule has 27 heavy (non-hydrogen) atoms. The van der Waals surface area contributed by atoms with Crippen LogP contribution in [-0.4, -0.2) is 23.0 Å². The van der Waals surface area contributed by atoms with Gasteiger partial charge in [-0.15, -0.1) is 0 Å². The molecule has 0 fully saturated rings. The van der Waals surface area contributed by atoms with Gasteiger partial charge in [-0.3, -0.25) is 4.79 Å². The van der Waals surface area contributed by atoms with Gasteiger partial charge in [0.15, 0.2) is 0 Å². The van der Waals surface area contributed by atoms with Gasteiger partial charge < -0.3 is 15.8 Å². The minimum Gasteiger partial charge on any atom is -0.497 e. The first kappa shape index (κ1) is 18.9. The Morgan fingerprint density at radius 2 is 2.11 bits per heavy atom. The Kier molecular flexibility index (Phi) is 5.76. The molecular formula is C20H21ClN4O2. The van der Waals surface area contributed by atoms with E-state index in [1.54, 1.807) is 19.2 Å². The van der Waals surface area contributed by atoms with Crippen molar-refractivity contribution in [2.45, 2.75) is 25.8 Å². The number of nitrogens with two attached hydrogens (primary N) is 1. The van der Waals surface area contributed by atoms with Crippen molar-refractivity contribution in [2.24, 2.45) is 5.73 Å². The Morgan fingerprint density at radius 1 is 1.30 bits per heavy atom. The highest BCUT2D eigenvalue weighted by molar-refractivity contribution is 6.31. The van der Waals surface area contributed by atoms with Gasteiger partial charge in [0.2, 0.25) is 0 Å². The second-order valence-electron chi connectivity index (χ2n) is 6.16. The Labute approximate surface area is 162 Å². The minimum atomic E-state index is -0.522. The first-order valence-corrected chi connectivity index (χ1v) is 9.06. The van der Waals surface area contributed by atoms with E-state index in [0.717, 1.165) is 29.5 Å². The molecule has 0 spiro atoms. The van der Waals surface area contributed by atoms with Gasteiger partial charge in [0.1, 0.15) is 17.9 Å². The number of nitrogens with zero attached hydrogens (tertiary/aromatic N) is 2. The van der Waals surface area contributed by atoms with Gasteiger partial charge >= 0.3 is 0 Å². The fraction of sp³-hybridized carbons (Fsp3) is 0.250. The van der Waals surface area contributed by atoms with Crippen molar-refractivity contribution < 1.29 is 9.53 Å². The van der Waals surface area contributed by atoms with Gasteiger partial charge in [0, 0.05) is 10.4 Å². The van der Waals surface area contributed by atoms with E-state index in [2.05, 4.69) is 22.2 Å². The third-order valence-electron chi connectivity index (χ3n) is 4.40. The quantitative estimate of drug-likeness (QED) is 0.632. The summed E-state index contributed by atoms with van der Waals surface area (Å²) in [6, 6.07) is 10.8. The number of amides is 1.